The predicted molar refractivity (Wildman–Crippen MR) is 132 cm³/mol. The van der Waals surface area contributed by atoms with Gasteiger partial charge in [0, 0.05) is 6.20 Å². The molecule has 10 heteroatoms. The number of carboxylic acid groups (broad SMARTS) is 1. The number of hydrogen-bond acceptors (Lipinski definition) is 4. The van der Waals surface area contributed by atoms with Gasteiger partial charge in [-0.1, -0.05) is 39.0 Å². The van der Waals surface area contributed by atoms with Crippen molar-refractivity contribution in [2.75, 3.05) is 7.11 Å². The first-order valence-corrected chi connectivity index (χ1v) is 11.0. The molecule has 0 aliphatic heterocycles. The molecule has 2 heterocycles. The van der Waals surface area contributed by atoms with Crippen molar-refractivity contribution in [1.82, 2.24) is 19.5 Å². The molecule has 0 aliphatic carbocycles. The van der Waals surface area contributed by atoms with E-state index < -0.39 is 12.1 Å². The summed E-state index contributed by atoms with van der Waals surface area (Å²) in [5.74, 6) is -1.13. The van der Waals surface area contributed by atoms with Gasteiger partial charge >= 0.3 is 12.1 Å². The molecule has 4 rings (SSSR count). The van der Waals surface area contributed by atoms with Crippen molar-refractivity contribution >= 4 is 29.2 Å². The molecule has 0 unspecified atom stereocenters. The molecule has 0 radical (unpaired) electrons. The number of halogens is 3. The zero-order chi connectivity index (χ0) is 26.7. The van der Waals surface area contributed by atoms with Crippen molar-refractivity contribution in [3.63, 3.8) is 0 Å². The average Bonchev–Trinajstić information content (AvgIpc) is 3.41. The van der Waals surface area contributed by atoms with Crippen LogP contribution in [0.25, 0.3) is 28.9 Å². The van der Waals surface area contributed by atoms with Gasteiger partial charge in [0.15, 0.2) is 0 Å². The molecule has 7 nitrogen and oxygen atoms in total. The number of aliphatic carboxylic acids is 1. The number of nitrogens with one attached hydrogen (secondary N) is 1. The first-order chi connectivity index (χ1) is 16.8. The molecule has 0 fully saturated rings. The Bertz CT molecular complexity index is 1400. The standard InChI is InChI=1S/C24H26N4O.C2HF3O2/c1-16-14-28(15-25-16)21-10-6-17(12-22(21)29-5)7-11-23-26-19-9-8-18(24(2,3)4)13-20(19)27-23;3-2(4,5)1(6)7/h6-15H,1-5H3,(H,26,27);(H,6,7)/b11-7+;. The third kappa shape index (κ3) is 6.53. The van der Waals surface area contributed by atoms with Gasteiger partial charge in [-0.25, -0.2) is 14.8 Å². The van der Waals surface area contributed by atoms with Crippen LogP contribution in [0.15, 0.2) is 48.9 Å². The second-order valence-electron chi connectivity index (χ2n) is 9.09. The zero-order valence-electron chi connectivity index (χ0n) is 20.5. The highest BCUT2D eigenvalue weighted by atomic mass is 19.4. The fraction of sp³-hybridized carbons (Fsp3) is 0.269. The summed E-state index contributed by atoms with van der Waals surface area (Å²) in [7, 11) is 1.68. The summed E-state index contributed by atoms with van der Waals surface area (Å²) >= 11 is 0. The van der Waals surface area contributed by atoms with Gasteiger partial charge in [0.1, 0.15) is 11.6 Å². The number of methoxy groups -OCH3 is 1. The van der Waals surface area contributed by atoms with Crippen LogP contribution in [0.5, 0.6) is 5.75 Å². The molecule has 0 saturated carbocycles. The maximum atomic E-state index is 10.6. The molecule has 0 saturated heterocycles. The Labute approximate surface area is 206 Å². The van der Waals surface area contributed by atoms with E-state index >= 15 is 0 Å². The number of benzene rings is 2. The van der Waals surface area contributed by atoms with E-state index in [1.54, 1.807) is 13.4 Å². The number of aromatic amines is 1. The van der Waals surface area contributed by atoms with Crippen LogP contribution in [0, 0.1) is 6.92 Å². The highest BCUT2D eigenvalue weighted by Crippen LogP contribution is 2.27. The molecule has 0 amide bonds. The van der Waals surface area contributed by atoms with Gasteiger partial charge in [-0.15, -0.1) is 0 Å². The number of carbonyl (C=O) groups is 1. The minimum atomic E-state index is -5.08. The summed E-state index contributed by atoms with van der Waals surface area (Å²) in [6.07, 6.45) is 2.72. The Morgan fingerprint density at radius 3 is 2.36 bits per heavy atom. The largest absolute Gasteiger partial charge is 0.495 e. The summed E-state index contributed by atoms with van der Waals surface area (Å²) in [6.45, 7) is 8.62. The van der Waals surface area contributed by atoms with Crippen molar-refractivity contribution < 1.29 is 27.8 Å². The number of ether oxygens (including phenoxy) is 1. The molecule has 0 bridgehead atoms. The molecule has 0 atom stereocenters. The van der Waals surface area contributed by atoms with Crippen molar-refractivity contribution in [3.05, 3.63) is 71.6 Å². The van der Waals surface area contributed by atoms with Crippen LogP contribution in [-0.2, 0) is 10.2 Å². The van der Waals surface area contributed by atoms with Gasteiger partial charge in [0.2, 0.25) is 0 Å². The summed E-state index contributed by atoms with van der Waals surface area (Å²) in [5, 5.41) is 7.12. The van der Waals surface area contributed by atoms with Crippen LogP contribution in [0.2, 0.25) is 0 Å². The van der Waals surface area contributed by atoms with E-state index in [1.807, 2.05) is 42.0 Å². The normalized spacial score (nSPS) is 12.0. The molecule has 0 aliphatic rings. The van der Waals surface area contributed by atoms with Crippen molar-refractivity contribution in [2.24, 2.45) is 0 Å². The maximum absolute atomic E-state index is 10.6. The average molecular weight is 501 g/mol. The van der Waals surface area contributed by atoms with E-state index in [9.17, 15) is 13.2 Å². The number of carboxylic acids is 1. The Morgan fingerprint density at radius 2 is 1.81 bits per heavy atom. The molecular weight excluding hydrogens is 473 g/mol. The number of hydrogen-bond donors (Lipinski definition) is 2. The van der Waals surface area contributed by atoms with Crippen LogP contribution < -0.4 is 4.74 Å². The predicted octanol–water partition coefficient (Wildman–Crippen LogP) is 6.17. The van der Waals surface area contributed by atoms with E-state index in [-0.39, 0.29) is 5.41 Å². The monoisotopic (exact) mass is 500 g/mol. The van der Waals surface area contributed by atoms with E-state index in [1.165, 1.54) is 5.56 Å². The van der Waals surface area contributed by atoms with Crippen molar-refractivity contribution in [2.45, 2.75) is 39.3 Å². The Morgan fingerprint density at radius 1 is 1.11 bits per heavy atom. The lowest BCUT2D eigenvalue weighted by Crippen LogP contribution is -2.21. The lowest BCUT2D eigenvalue weighted by atomic mass is 9.87. The third-order valence-corrected chi connectivity index (χ3v) is 5.24. The van der Waals surface area contributed by atoms with Gasteiger partial charge in [-0.05, 0) is 53.8 Å². The minimum Gasteiger partial charge on any atom is -0.495 e. The van der Waals surface area contributed by atoms with Crippen molar-refractivity contribution in [1.29, 1.82) is 0 Å². The second kappa shape index (κ2) is 10.3. The molecule has 0 spiro atoms. The van der Waals surface area contributed by atoms with E-state index in [0.29, 0.717) is 0 Å². The molecule has 2 aromatic carbocycles. The van der Waals surface area contributed by atoms with E-state index in [0.717, 1.165) is 39.6 Å². The molecule has 2 aromatic heterocycles. The van der Waals surface area contributed by atoms with Crippen LogP contribution in [-0.4, -0.2) is 43.9 Å². The number of fused-ring (bicyclic) bond motifs is 1. The number of imidazole rings is 2. The first kappa shape index (κ1) is 26.5. The fourth-order valence-electron chi connectivity index (χ4n) is 3.31. The van der Waals surface area contributed by atoms with Crippen LogP contribution in [0.4, 0.5) is 13.2 Å². The van der Waals surface area contributed by atoms with Gasteiger partial charge in [0.05, 0.1) is 35.9 Å². The maximum Gasteiger partial charge on any atom is 0.490 e. The number of alkyl halides is 3. The van der Waals surface area contributed by atoms with Gasteiger partial charge in [-0.2, -0.15) is 13.2 Å². The Kier molecular flexibility index (Phi) is 7.57. The molecule has 4 aromatic rings. The number of rotatable bonds is 4. The van der Waals surface area contributed by atoms with Gasteiger partial charge in [0.25, 0.3) is 0 Å². The number of aromatic nitrogens is 4. The van der Waals surface area contributed by atoms with E-state index in [2.05, 4.69) is 60.0 Å². The highest BCUT2D eigenvalue weighted by molar-refractivity contribution is 5.80. The lowest BCUT2D eigenvalue weighted by molar-refractivity contribution is -0.192. The Balaban J connectivity index is 0.000000454. The van der Waals surface area contributed by atoms with Crippen molar-refractivity contribution in [3.8, 4) is 11.4 Å². The topological polar surface area (TPSA) is 93.0 Å². The first-order valence-electron chi connectivity index (χ1n) is 11.0. The summed E-state index contributed by atoms with van der Waals surface area (Å²) in [5.41, 5.74) is 6.40. The quantitative estimate of drug-likeness (QED) is 0.350. The summed E-state index contributed by atoms with van der Waals surface area (Å²) in [6, 6.07) is 12.5. The van der Waals surface area contributed by atoms with E-state index in [4.69, 9.17) is 14.6 Å². The molecule has 36 heavy (non-hydrogen) atoms. The summed E-state index contributed by atoms with van der Waals surface area (Å²) in [4.78, 5) is 21.3. The summed E-state index contributed by atoms with van der Waals surface area (Å²) < 4.78 is 39.3. The van der Waals surface area contributed by atoms with Gasteiger partial charge in [-0.3, -0.25) is 0 Å². The number of nitrogens with zero attached hydrogens (tertiary/aromatic N) is 3. The third-order valence-electron chi connectivity index (χ3n) is 5.24. The molecular formula is C26H27F3N4O3. The van der Waals surface area contributed by atoms with Crippen LogP contribution in [0.1, 0.15) is 43.4 Å². The SMILES string of the molecule is COc1cc(/C=C/c2nc3ccc(C(C)(C)C)cc3[nH]2)ccc1-n1cnc(C)c1.O=C(O)C(F)(F)F. The van der Waals surface area contributed by atoms with Crippen LogP contribution in [0.3, 0.4) is 0 Å². The van der Waals surface area contributed by atoms with Gasteiger partial charge < -0.3 is 19.4 Å². The highest BCUT2D eigenvalue weighted by Gasteiger charge is 2.38. The number of H-pyrrole nitrogens is 1. The second-order valence-corrected chi connectivity index (χ2v) is 9.09. The molecule has 190 valence electrons. The minimum absolute atomic E-state index is 0.112. The van der Waals surface area contributed by atoms with Crippen LogP contribution >= 0.6 is 0 Å². The zero-order valence-corrected chi connectivity index (χ0v) is 20.5. The fourth-order valence-corrected chi connectivity index (χ4v) is 3.31. The molecule has 2 N–H and O–H groups in total. The number of aryl methyl sites for hydroxylation is 1. The smallest absolute Gasteiger partial charge is 0.490 e. The Hall–Kier alpha value is -4.08. The lowest BCUT2D eigenvalue weighted by Gasteiger charge is -2.18.